The normalized spacial score (nSPS) is 20.1. The van der Waals surface area contributed by atoms with Gasteiger partial charge in [0.15, 0.2) is 0 Å². The number of rotatable bonds is 10. The van der Waals surface area contributed by atoms with Crippen molar-refractivity contribution in [2.75, 3.05) is 11.4 Å². The molecule has 1 N–H and O–H groups in total. The summed E-state index contributed by atoms with van der Waals surface area (Å²) in [4.78, 5) is 15.2. The molecule has 3 aromatic rings. The molecule has 2 aromatic carbocycles. The Labute approximate surface area is 212 Å². The molecule has 4 rings (SSSR count). The van der Waals surface area contributed by atoms with E-state index in [1.54, 1.807) is 6.07 Å². The average Bonchev–Trinajstić information content (AvgIpc) is 3.45. The van der Waals surface area contributed by atoms with Crippen LogP contribution in [0.25, 0.3) is 0 Å². The standard InChI is InChI=1S/C29H34ClNO2S/c1-20(2)22-9-6-12-24(18-22)31(23-10-4-3-5-11-23)19-26-21(14-16-27(26)30)8-7-13-25-15-17-28(34-25)29(32)33/h3-6,9-12,15,17-18,20-21,26-27H,7-8,13-14,16,19H2,1-2H3,(H,32,33)/t21-,26+,27?/m0/s1. The molecule has 1 fully saturated rings. The van der Waals surface area contributed by atoms with Crippen LogP contribution in [-0.2, 0) is 6.42 Å². The van der Waals surface area contributed by atoms with Crippen molar-refractivity contribution in [2.24, 2.45) is 11.8 Å². The summed E-state index contributed by atoms with van der Waals surface area (Å²) in [6.07, 6.45) is 5.36. The lowest BCUT2D eigenvalue weighted by molar-refractivity contribution is 0.0702. The summed E-state index contributed by atoms with van der Waals surface area (Å²) >= 11 is 8.32. The number of carboxylic acids is 1. The number of nitrogens with zero attached hydrogens (tertiary/aromatic N) is 1. The average molecular weight is 496 g/mol. The van der Waals surface area contributed by atoms with Gasteiger partial charge in [0, 0.05) is 28.2 Å². The zero-order valence-electron chi connectivity index (χ0n) is 20.0. The summed E-state index contributed by atoms with van der Waals surface area (Å²) in [7, 11) is 0. The van der Waals surface area contributed by atoms with Crippen LogP contribution in [0.3, 0.4) is 0 Å². The number of alkyl halides is 1. The summed E-state index contributed by atoms with van der Waals surface area (Å²) in [5, 5.41) is 9.36. The maximum atomic E-state index is 11.2. The number of anilines is 2. The Balaban J connectivity index is 1.48. The van der Waals surface area contributed by atoms with Gasteiger partial charge in [-0.3, -0.25) is 0 Å². The lowest BCUT2D eigenvalue weighted by atomic mass is 9.89. The van der Waals surface area contributed by atoms with Crippen LogP contribution in [0.4, 0.5) is 11.4 Å². The maximum absolute atomic E-state index is 11.2. The van der Waals surface area contributed by atoms with E-state index < -0.39 is 5.97 Å². The Morgan fingerprint density at radius 3 is 2.53 bits per heavy atom. The molecular formula is C29H34ClNO2S. The second-order valence-electron chi connectivity index (χ2n) is 9.68. The first-order chi connectivity index (χ1) is 16.4. The van der Waals surface area contributed by atoms with Crippen molar-refractivity contribution in [1.82, 2.24) is 0 Å². The summed E-state index contributed by atoms with van der Waals surface area (Å²) in [6.45, 7) is 5.38. The number of carboxylic acid groups (broad SMARTS) is 1. The summed E-state index contributed by atoms with van der Waals surface area (Å²) in [6, 6.07) is 23.2. The van der Waals surface area contributed by atoms with Gasteiger partial charge in [-0.25, -0.2) is 4.79 Å². The second-order valence-corrected chi connectivity index (χ2v) is 11.4. The molecule has 0 bridgehead atoms. The molecule has 0 radical (unpaired) electrons. The van der Waals surface area contributed by atoms with E-state index in [-0.39, 0.29) is 5.38 Å². The van der Waals surface area contributed by atoms with Crippen molar-refractivity contribution in [2.45, 2.75) is 57.2 Å². The molecule has 1 heterocycles. The molecule has 180 valence electrons. The van der Waals surface area contributed by atoms with Gasteiger partial charge in [0.1, 0.15) is 4.88 Å². The van der Waals surface area contributed by atoms with Crippen LogP contribution in [-0.4, -0.2) is 23.0 Å². The van der Waals surface area contributed by atoms with Crippen LogP contribution < -0.4 is 4.90 Å². The number of carbonyl (C=O) groups is 1. The number of aryl methyl sites for hydroxylation is 1. The van der Waals surface area contributed by atoms with Crippen molar-refractivity contribution >= 4 is 40.3 Å². The quantitative estimate of drug-likeness (QED) is 0.287. The Morgan fingerprint density at radius 2 is 1.82 bits per heavy atom. The van der Waals surface area contributed by atoms with Crippen LogP contribution in [0.2, 0.25) is 0 Å². The largest absolute Gasteiger partial charge is 0.477 e. The highest BCUT2D eigenvalue weighted by molar-refractivity contribution is 7.13. The van der Waals surface area contributed by atoms with Gasteiger partial charge >= 0.3 is 5.97 Å². The van der Waals surface area contributed by atoms with Crippen LogP contribution in [0.15, 0.2) is 66.7 Å². The predicted octanol–water partition coefficient (Wildman–Crippen LogP) is 8.36. The molecule has 5 heteroatoms. The molecule has 1 saturated carbocycles. The van der Waals surface area contributed by atoms with E-state index in [4.69, 9.17) is 11.6 Å². The molecule has 3 atom stereocenters. The van der Waals surface area contributed by atoms with Crippen LogP contribution in [0, 0.1) is 11.8 Å². The van der Waals surface area contributed by atoms with E-state index in [9.17, 15) is 9.90 Å². The minimum atomic E-state index is -0.834. The van der Waals surface area contributed by atoms with Crippen molar-refractivity contribution < 1.29 is 9.90 Å². The minimum Gasteiger partial charge on any atom is -0.477 e. The molecular weight excluding hydrogens is 462 g/mol. The number of thiophene rings is 1. The number of hydrogen-bond acceptors (Lipinski definition) is 3. The topological polar surface area (TPSA) is 40.5 Å². The fourth-order valence-corrected chi connectivity index (χ4v) is 6.41. The summed E-state index contributed by atoms with van der Waals surface area (Å²) in [5.41, 5.74) is 3.78. The van der Waals surface area contributed by atoms with Crippen LogP contribution in [0.5, 0.6) is 0 Å². The molecule has 1 aromatic heterocycles. The molecule has 1 aliphatic rings. The zero-order valence-corrected chi connectivity index (χ0v) is 21.6. The third kappa shape index (κ3) is 6.03. The van der Waals surface area contributed by atoms with E-state index in [0.717, 1.165) is 43.5 Å². The second kappa shape index (κ2) is 11.4. The van der Waals surface area contributed by atoms with Gasteiger partial charge < -0.3 is 10.0 Å². The highest BCUT2D eigenvalue weighted by Crippen LogP contribution is 2.41. The minimum absolute atomic E-state index is 0.185. The summed E-state index contributed by atoms with van der Waals surface area (Å²) < 4.78 is 0. The third-order valence-corrected chi connectivity index (χ3v) is 8.74. The van der Waals surface area contributed by atoms with Crippen molar-refractivity contribution in [3.63, 3.8) is 0 Å². The van der Waals surface area contributed by atoms with Crippen molar-refractivity contribution in [3.8, 4) is 0 Å². The van der Waals surface area contributed by atoms with Crippen molar-refractivity contribution in [1.29, 1.82) is 0 Å². The van der Waals surface area contributed by atoms with Crippen molar-refractivity contribution in [3.05, 3.63) is 82.0 Å². The maximum Gasteiger partial charge on any atom is 0.345 e. The van der Waals surface area contributed by atoms with Gasteiger partial charge in [-0.2, -0.15) is 0 Å². The van der Waals surface area contributed by atoms with E-state index in [1.165, 1.54) is 28.3 Å². The Kier molecular flexibility index (Phi) is 8.33. The smallest absolute Gasteiger partial charge is 0.345 e. The summed E-state index contributed by atoms with van der Waals surface area (Å²) in [5.74, 6) is 0.652. The first-order valence-corrected chi connectivity index (χ1v) is 13.6. The molecule has 0 saturated heterocycles. The molecule has 34 heavy (non-hydrogen) atoms. The molecule has 3 nitrogen and oxygen atoms in total. The molecule has 0 amide bonds. The molecule has 0 spiro atoms. The Morgan fingerprint density at radius 1 is 1.06 bits per heavy atom. The molecule has 1 unspecified atom stereocenters. The van der Waals surface area contributed by atoms with Crippen LogP contribution in [0.1, 0.15) is 65.6 Å². The SMILES string of the molecule is CC(C)c1cccc(N(C[C@H]2C(Cl)CC[C@@H]2CCCc2ccc(C(=O)O)s2)c2ccccc2)c1. The highest BCUT2D eigenvalue weighted by atomic mass is 35.5. The van der Waals surface area contributed by atoms with E-state index in [2.05, 4.69) is 73.3 Å². The van der Waals surface area contributed by atoms with Gasteiger partial charge in [-0.15, -0.1) is 22.9 Å². The Hall–Kier alpha value is -2.30. The molecule has 0 aliphatic heterocycles. The lowest BCUT2D eigenvalue weighted by Crippen LogP contribution is -2.31. The first-order valence-electron chi connectivity index (χ1n) is 12.3. The van der Waals surface area contributed by atoms with E-state index >= 15 is 0 Å². The Bertz CT molecular complexity index is 1080. The zero-order chi connectivity index (χ0) is 24.1. The number of aromatic carboxylic acids is 1. The first kappa shape index (κ1) is 24.8. The predicted molar refractivity (Wildman–Crippen MR) is 144 cm³/mol. The number of hydrogen-bond donors (Lipinski definition) is 1. The number of para-hydroxylation sites is 1. The van der Waals surface area contributed by atoms with Crippen LogP contribution >= 0.6 is 22.9 Å². The molecule has 1 aliphatic carbocycles. The fraction of sp³-hybridized carbons (Fsp3) is 0.414. The van der Waals surface area contributed by atoms with E-state index in [0.29, 0.717) is 22.6 Å². The van der Waals surface area contributed by atoms with E-state index in [1.807, 2.05) is 6.07 Å². The van der Waals surface area contributed by atoms with Gasteiger partial charge in [-0.05, 0) is 91.8 Å². The highest BCUT2D eigenvalue weighted by Gasteiger charge is 2.36. The van der Waals surface area contributed by atoms with Gasteiger partial charge in [0.2, 0.25) is 0 Å². The van der Waals surface area contributed by atoms with Gasteiger partial charge in [0.05, 0.1) is 0 Å². The lowest BCUT2D eigenvalue weighted by Gasteiger charge is -2.32. The third-order valence-electron chi connectivity index (χ3n) is 7.06. The fourth-order valence-electron chi connectivity index (χ4n) is 5.11. The monoisotopic (exact) mass is 495 g/mol. The van der Waals surface area contributed by atoms with Gasteiger partial charge in [-0.1, -0.05) is 44.2 Å². The van der Waals surface area contributed by atoms with Gasteiger partial charge in [0.25, 0.3) is 0 Å². The number of halogens is 1. The number of benzene rings is 2.